The first-order valence-corrected chi connectivity index (χ1v) is 9.09. The summed E-state index contributed by atoms with van der Waals surface area (Å²) in [7, 11) is -1.30. The van der Waals surface area contributed by atoms with Gasteiger partial charge in [0.2, 0.25) is 10.0 Å². The fourth-order valence-corrected chi connectivity index (χ4v) is 3.89. The molecular formula is C15H23FN2O5S. The van der Waals surface area contributed by atoms with Crippen LogP contribution < -0.4 is 14.2 Å². The SMILES string of the molecule is COc1cc(F)c(S(=O)(=O)NC(C)CN2CCOCC2)cc1OC. The molecule has 1 heterocycles. The number of halogens is 1. The average molecular weight is 362 g/mol. The van der Waals surface area contributed by atoms with Gasteiger partial charge in [0.1, 0.15) is 10.7 Å². The second-order valence-corrected chi connectivity index (χ2v) is 7.26. The van der Waals surface area contributed by atoms with E-state index < -0.39 is 20.7 Å². The Morgan fingerprint density at radius 2 is 1.83 bits per heavy atom. The number of benzene rings is 1. The van der Waals surface area contributed by atoms with Crippen LogP contribution in [0.2, 0.25) is 0 Å². The van der Waals surface area contributed by atoms with E-state index in [0.717, 1.165) is 25.2 Å². The molecule has 1 atom stereocenters. The van der Waals surface area contributed by atoms with E-state index in [1.807, 2.05) is 0 Å². The van der Waals surface area contributed by atoms with Gasteiger partial charge < -0.3 is 14.2 Å². The Labute approximate surface area is 141 Å². The third-order valence-electron chi connectivity index (χ3n) is 3.72. The van der Waals surface area contributed by atoms with Crippen LogP contribution in [0.25, 0.3) is 0 Å². The minimum atomic E-state index is -4.02. The molecule has 0 amide bonds. The summed E-state index contributed by atoms with van der Waals surface area (Å²) >= 11 is 0. The summed E-state index contributed by atoms with van der Waals surface area (Å²) in [5, 5.41) is 0. The Kier molecular flexibility index (Phi) is 6.39. The number of ether oxygens (including phenoxy) is 3. The van der Waals surface area contributed by atoms with Crippen LogP contribution in [-0.4, -0.2) is 66.4 Å². The molecule has 1 unspecified atom stereocenters. The first-order valence-electron chi connectivity index (χ1n) is 7.61. The first kappa shape index (κ1) is 18.9. The molecule has 2 rings (SSSR count). The number of nitrogens with one attached hydrogen (secondary N) is 1. The zero-order valence-electron chi connectivity index (χ0n) is 14.0. The molecule has 136 valence electrons. The second kappa shape index (κ2) is 8.11. The molecule has 1 saturated heterocycles. The molecule has 0 saturated carbocycles. The van der Waals surface area contributed by atoms with Gasteiger partial charge in [-0.25, -0.2) is 17.5 Å². The Morgan fingerprint density at radius 1 is 1.25 bits per heavy atom. The summed E-state index contributed by atoms with van der Waals surface area (Å²) in [5.74, 6) is -0.603. The summed E-state index contributed by atoms with van der Waals surface area (Å²) < 4.78 is 56.9. The molecule has 1 aliphatic heterocycles. The molecule has 0 radical (unpaired) electrons. The van der Waals surface area contributed by atoms with Gasteiger partial charge in [-0.1, -0.05) is 0 Å². The lowest BCUT2D eigenvalue weighted by Crippen LogP contribution is -2.46. The zero-order chi connectivity index (χ0) is 17.7. The van der Waals surface area contributed by atoms with Gasteiger partial charge in [-0.15, -0.1) is 0 Å². The summed E-state index contributed by atoms with van der Waals surface area (Å²) in [6, 6.07) is 1.75. The van der Waals surface area contributed by atoms with Crippen molar-refractivity contribution in [3.63, 3.8) is 0 Å². The molecule has 7 nitrogen and oxygen atoms in total. The van der Waals surface area contributed by atoms with E-state index in [2.05, 4.69) is 9.62 Å². The van der Waals surface area contributed by atoms with Gasteiger partial charge in [0, 0.05) is 37.8 Å². The highest BCUT2D eigenvalue weighted by atomic mass is 32.2. The lowest BCUT2D eigenvalue weighted by Gasteiger charge is -2.29. The fraction of sp³-hybridized carbons (Fsp3) is 0.600. The van der Waals surface area contributed by atoms with Gasteiger partial charge in [-0.05, 0) is 6.92 Å². The van der Waals surface area contributed by atoms with Crippen molar-refractivity contribution in [2.75, 3.05) is 47.1 Å². The maximum atomic E-state index is 14.2. The molecule has 0 aromatic heterocycles. The van der Waals surface area contributed by atoms with Gasteiger partial charge in [0.15, 0.2) is 11.5 Å². The van der Waals surface area contributed by atoms with Crippen molar-refractivity contribution < 1.29 is 27.0 Å². The van der Waals surface area contributed by atoms with Crippen LogP contribution in [-0.2, 0) is 14.8 Å². The largest absolute Gasteiger partial charge is 0.493 e. The van der Waals surface area contributed by atoms with Crippen LogP contribution in [0.15, 0.2) is 17.0 Å². The standard InChI is InChI=1S/C15H23FN2O5S/c1-11(10-18-4-6-23-7-5-18)17-24(19,20)15-9-14(22-3)13(21-2)8-12(15)16/h8-9,11,17H,4-7,10H2,1-3H3. The van der Waals surface area contributed by atoms with Gasteiger partial charge in [-0.3, -0.25) is 4.90 Å². The molecule has 1 aromatic carbocycles. The third-order valence-corrected chi connectivity index (χ3v) is 5.32. The number of sulfonamides is 1. The molecule has 9 heteroatoms. The van der Waals surface area contributed by atoms with Crippen LogP contribution >= 0.6 is 0 Å². The van der Waals surface area contributed by atoms with Crippen molar-refractivity contribution in [2.24, 2.45) is 0 Å². The number of hydrogen-bond donors (Lipinski definition) is 1. The molecule has 1 N–H and O–H groups in total. The van der Waals surface area contributed by atoms with Gasteiger partial charge in [0.25, 0.3) is 0 Å². The lowest BCUT2D eigenvalue weighted by atomic mass is 10.3. The molecule has 24 heavy (non-hydrogen) atoms. The summed E-state index contributed by atoms with van der Waals surface area (Å²) in [6.45, 7) is 5.02. The average Bonchev–Trinajstić information content (AvgIpc) is 2.54. The van der Waals surface area contributed by atoms with E-state index in [1.54, 1.807) is 6.92 Å². The summed E-state index contributed by atoms with van der Waals surface area (Å²) in [5.41, 5.74) is 0. The highest BCUT2D eigenvalue weighted by molar-refractivity contribution is 7.89. The minimum absolute atomic E-state index is 0.135. The van der Waals surface area contributed by atoms with E-state index in [9.17, 15) is 12.8 Å². The van der Waals surface area contributed by atoms with Crippen LogP contribution in [0.5, 0.6) is 11.5 Å². The molecule has 1 aromatic rings. The minimum Gasteiger partial charge on any atom is -0.493 e. The van der Waals surface area contributed by atoms with Crippen LogP contribution in [0, 0.1) is 5.82 Å². The molecule has 1 fully saturated rings. The summed E-state index contributed by atoms with van der Waals surface area (Å²) in [4.78, 5) is 1.63. The van der Waals surface area contributed by atoms with E-state index in [0.29, 0.717) is 19.8 Å². The van der Waals surface area contributed by atoms with E-state index in [1.165, 1.54) is 14.2 Å². The van der Waals surface area contributed by atoms with Crippen LogP contribution in [0.3, 0.4) is 0 Å². The lowest BCUT2D eigenvalue weighted by molar-refractivity contribution is 0.0354. The highest BCUT2D eigenvalue weighted by Gasteiger charge is 2.25. The summed E-state index contributed by atoms with van der Waals surface area (Å²) in [6.07, 6.45) is 0. The molecule has 0 aliphatic carbocycles. The van der Waals surface area contributed by atoms with Crippen molar-refractivity contribution in [1.82, 2.24) is 9.62 Å². The maximum absolute atomic E-state index is 14.2. The second-order valence-electron chi connectivity index (χ2n) is 5.57. The zero-order valence-corrected chi connectivity index (χ0v) is 14.9. The number of methoxy groups -OCH3 is 2. The van der Waals surface area contributed by atoms with E-state index >= 15 is 0 Å². The molecule has 0 bridgehead atoms. The molecule has 1 aliphatic rings. The molecule has 0 spiro atoms. The Balaban J connectivity index is 2.14. The van der Waals surface area contributed by atoms with Crippen molar-refractivity contribution in [3.05, 3.63) is 17.9 Å². The Hall–Kier alpha value is -1.42. The van der Waals surface area contributed by atoms with Crippen molar-refractivity contribution in [1.29, 1.82) is 0 Å². The Bertz CT molecular complexity index is 662. The number of nitrogens with zero attached hydrogens (tertiary/aromatic N) is 1. The topological polar surface area (TPSA) is 77.1 Å². The highest BCUT2D eigenvalue weighted by Crippen LogP contribution is 2.31. The quantitative estimate of drug-likeness (QED) is 0.775. The smallest absolute Gasteiger partial charge is 0.243 e. The van der Waals surface area contributed by atoms with E-state index in [4.69, 9.17) is 14.2 Å². The normalized spacial score (nSPS) is 17.5. The molecular weight excluding hydrogens is 339 g/mol. The maximum Gasteiger partial charge on any atom is 0.243 e. The predicted octanol–water partition coefficient (Wildman–Crippen LogP) is 0.842. The number of rotatable bonds is 7. The van der Waals surface area contributed by atoms with Crippen LogP contribution in [0.1, 0.15) is 6.92 Å². The van der Waals surface area contributed by atoms with Gasteiger partial charge >= 0.3 is 0 Å². The number of morpholine rings is 1. The Morgan fingerprint density at radius 3 is 2.42 bits per heavy atom. The van der Waals surface area contributed by atoms with Gasteiger partial charge in [-0.2, -0.15) is 0 Å². The van der Waals surface area contributed by atoms with Crippen molar-refractivity contribution >= 4 is 10.0 Å². The number of hydrogen-bond acceptors (Lipinski definition) is 6. The fourth-order valence-electron chi connectivity index (χ4n) is 2.58. The monoisotopic (exact) mass is 362 g/mol. The first-order chi connectivity index (χ1) is 11.4. The van der Waals surface area contributed by atoms with E-state index in [-0.39, 0.29) is 17.5 Å². The van der Waals surface area contributed by atoms with Crippen molar-refractivity contribution in [3.8, 4) is 11.5 Å². The van der Waals surface area contributed by atoms with Gasteiger partial charge in [0.05, 0.1) is 27.4 Å². The van der Waals surface area contributed by atoms with Crippen molar-refractivity contribution in [2.45, 2.75) is 17.9 Å². The third kappa shape index (κ3) is 4.56. The van der Waals surface area contributed by atoms with Crippen LogP contribution in [0.4, 0.5) is 4.39 Å². The predicted molar refractivity (Wildman–Crippen MR) is 86.5 cm³/mol.